The lowest BCUT2D eigenvalue weighted by Crippen LogP contribution is -1.99. The molecular formula is C15H13ClN2O. The molecule has 3 rings (SSSR count). The average molecular weight is 273 g/mol. The number of nitrogens with zero attached hydrogens (tertiary/aromatic N) is 2. The molecule has 3 nitrogen and oxygen atoms in total. The summed E-state index contributed by atoms with van der Waals surface area (Å²) in [4.78, 5) is 0. The fraction of sp³-hybridized carbons (Fsp3) is 0.133. The van der Waals surface area contributed by atoms with Gasteiger partial charge in [-0.15, -0.1) is 0 Å². The summed E-state index contributed by atoms with van der Waals surface area (Å²) in [7, 11) is 0. The Morgan fingerprint density at radius 1 is 1.21 bits per heavy atom. The minimum Gasteiger partial charge on any atom is -0.389 e. The van der Waals surface area contributed by atoms with E-state index in [9.17, 15) is 5.11 Å². The van der Waals surface area contributed by atoms with Gasteiger partial charge in [0, 0.05) is 5.39 Å². The first-order chi connectivity index (χ1) is 9.16. The van der Waals surface area contributed by atoms with Crippen LogP contribution < -0.4 is 0 Å². The lowest BCUT2D eigenvalue weighted by molar-refractivity contribution is 0.199. The van der Waals surface area contributed by atoms with Gasteiger partial charge < -0.3 is 5.11 Å². The maximum Gasteiger partial charge on any atom is 0.0839 e. The molecule has 0 bridgehead atoms. The van der Waals surface area contributed by atoms with E-state index < -0.39 is 6.10 Å². The number of hydrogen-bond donors (Lipinski definition) is 1. The molecule has 1 atom stereocenters. The summed E-state index contributed by atoms with van der Waals surface area (Å²) in [5, 5.41) is 15.6. The highest BCUT2D eigenvalue weighted by Crippen LogP contribution is 2.27. The zero-order valence-electron chi connectivity index (χ0n) is 10.4. The average Bonchev–Trinajstić information content (AvgIpc) is 2.82. The van der Waals surface area contributed by atoms with E-state index in [1.807, 2.05) is 47.3 Å². The lowest BCUT2D eigenvalue weighted by atomic mass is 10.1. The number of benzene rings is 2. The number of fused-ring (bicyclic) bond motifs is 1. The second-order valence-electron chi connectivity index (χ2n) is 4.50. The molecule has 1 aromatic heterocycles. The van der Waals surface area contributed by atoms with Crippen LogP contribution in [0.1, 0.15) is 18.6 Å². The largest absolute Gasteiger partial charge is 0.389 e. The van der Waals surface area contributed by atoms with E-state index in [4.69, 9.17) is 11.6 Å². The molecule has 96 valence electrons. The number of aromatic nitrogens is 2. The first-order valence-electron chi connectivity index (χ1n) is 6.07. The number of rotatable bonds is 2. The third-order valence-corrected chi connectivity index (χ3v) is 3.46. The fourth-order valence-electron chi connectivity index (χ4n) is 2.12. The molecule has 0 saturated heterocycles. The molecule has 19 heavy (non-hydrogen) atoms. The number of para-hydroxylation sites is 1. The van der Waals surface area contributed by atoms with Gasteiger partial charge in [-0.1, -0.05) is 35.9 Å². The predicted octanol–water partition coefficient (Wildman–Crippen LogP) is 3.73. The van der Waals surface area contributed by atoms with E-state index in [-0.39, 0.29) is 0 Å². The summed E-state index contributed by atoms with van der Waals surface area (Å²) in [6.45, 7) is 1.72. The van der Waals surface area contributed by atoms with Gasteiger partial charge in [0.2, 0.25) is 0 Å². The van der Waals surface area contributed by atoms with Gasteiger partial charge in [-0.2, -0.15) is 5.10 Å². The second-order valence-corrected chi connectivity index (χ2v) is 4.91. The van der Waals surface area contributed by atoms with Crippen LogP contribution in [-0.4, -0.2) is 14.9 Å². The van der Waals surface area contributed by atoms with Gasteiger partial charge in [-0.3, -0.25) is 0 Å². The molecular weight excluding hydrogens is 260 g/mol. The molecule has 0 amide bonds. The van der Waals surface area contributed by atoms with Gasteiger partial charge in [0.1, 0.15) is 0 Å². The van der Waals surface area contributed by atoms with Crippen LogP contribution in [0.25, 0.3) is 16.6 Å². The van der Waals surface area contributed by atoms with E-state index in [1.165, 1.54) is 0 Å². The SMILES string of the molecule is C[C@H](O)c1ccc(-n2ncc3ccccc32)c(Cl)c1. The van der Waals surface area contributed by atoms with Gasteiger partial charge in [-0.05, 0) is 30.7 Å². The molecule has 0 aliphatic rings. The van der Waals surface area contributed by atoms with Crippen LogP contribution in [0.15, 0.2) is 48.7 Å². The van der Waals surface area contributed by atoms with E-state index in [0.717, 1.165) is 22.2 Å². The van der Waals surface area contributed by atoms with Crippen LogP contribution in [0, 0.1) is 0 Å². The Bertz CT molecular complexity index is 734. The van der Waals surface area contributed by atoms with E-state index in [2.05, 4.69) is 5.10 Å². The molecule has 3 aromatic rings. The van der Waals surface area contributed by atoms with Gasteiger partial charge >= 0.3 is 0 Å². The van der Waals surface area contributed by atoms with Crippen molar-refractivity contribution in [3.8, 4) is 5.69 Å². The molecule has 0 aliphatic heterocycles. The Morgan fingerprint density at radius 3 is 2.74 bits per heavy atom. The maximum absolute atomic E-state index is 9.56. The summed E-state index contributed by atoms with van der Waals surface area (Å²) >= 11 is 6.29. The highest BCUT2D eigenvalue weighted by Gasteiger charge is 2.10. The van der Waals surface area contributed by atoms with Gasteiger partial charge in [0.05, 0.1) is 28.5 Å². The van der Waals surface area contributed by atoms with Crippen LogP contribution in [0.3, 0.4) is 0 Å². The Kier molecular flexibility index (Phi) is 3.01. The standard InChI is InChI=1S/C15H13ClN2O/c1-10(19)11-6-7-15(13(16)8-11)18-14-5-3-2-4-12(14)9-17-18/h2-10,19H,1H3/t10-/m0/s1. The first-order valence-corrected chi connectivity index (χ1v) is 6.45. The zero-order valence-corrected chi connectivity index (χ0v) is 11.2. The van der Waals surface area contributed by atoms with Crippen molar-refractivity contribution in [1.82, 2.24) is 9.78 Å². The van der Waals surface area contributed by atoms with Crippen LogP contribution in [0.4, 0.5) is 0 Å². The Labute approximate surface area is 116 Å². The number of aliphatic hydroxyl groups is 1. The van der Waals surface area contributed by atoms with Crippen molar-refractivity contribution < 1.29 is 5.11 Å². The molecule has 0 saturated carbocycles. The van der Waals surface area contributed by atoms with E-state index in [0.29, 0.717) is 5.02 Å². The third-order valence-electron chi connectivity index (χ3n) is 3.16. The quantitative estimate of drug-likeness (QED) is 0.772. The highest BCUT2D eigenvalue weighted by molar-refractivity contribution is 6.32. The lowest BCUT2D eigenvalue weighted by Gasteiger charge is -2.10. The fourth-order valence-corrected chi connectivity index (χ4v) is 2.39. The van der Waals surface area contributed by atoms with Crippen LogP contribution in [0.2, 0.25) is 5.02 Å². The number of hydrogen-bond acceptors (Lipinski definition) is 2. The van der Waals surface area contributed by atoms with Crippen molar-refractivity contribution in [2.24, 2.45) is 0 Å². The molecule has 1 N–H and O–H groups in total. The molecule has 0 radical (unpaired) electrons. The number of aliphatic hydroxyl groups excluding tert-OH is 1. The van der Waals surface area contributed by atoms with Crippen LogP contribution in [-0.2, 0) is 0 Å². The Balaban J connectivity index is 2.17. The van der Waals surface area contributed by atoms with Crippen molar-refractivity contribution in [2.45, 2.75) is 13.0 Å². The van der Waals surface area contributed by atoms with Crippen LogP contribution in [0.5, 0.6) is 0 Å². The molecule has 4 heteroatoms. The van der Waals surface area contributed by atoms with Gasteiger partial charge in [-0.25, -0.2) is 4.68 Å². The van der Waals surface area contributed by atoms with Crippen molar-refractivity contribution in [3.05, 3.63) is 59.2 Å². The van der Waals surface area contributed by atoms with Crippen molar-refractivity contribution >= 4 is 22.5 Å². The van der Waals surface area contributed by atoms with Crippen molar-refractivity contribution in [2.75, 3.05) is 0 Å². The number of halogens is 1. The van der Waals surface area contributed by atoms with Gasteiger partial charge in [0.15, 0.2) is 0 Å². The minimum absolute atomic E-state index is 0.527. The summed E-state index contributed by atoms with van der Waals surface area (Å²) in [5.41, 5.74) is 2.62. The molecule has 0 spiro atoms. The molecule has 0 aliphatic carbocycles. The van der Waals surface area contributed by atoms with Crippen LogP contribution >= 0.6 is 11.6 Å². The van der Waals surface area contributed by atoms with E-state index >= 15 is 0 Å². The normalized spacial score (nSPS) is 12.8. The highest BCUT2D eigenvalue weighted by atomic mass is 35.5. The second kappa shape index (κ2) is 4.68. The Hall–Kier alpha value is -1.84. The topological polar surface area (TPSA) is 38.0 Å². The van der Waals surface area contributed by atoms with E-state index in [1.54, 1.807) is 13.0 Å². The predicted molar refractivity (Wildman–Crippen MR) is 76.7 cm³/mol. The zero-order chi connectivity index (χ0) is 13.4. The van der Waals surface area contributed by atoms with Crippen molar-refractivity contribution in [1.29, 1.82) is 0 Å². The molecule has 1 heterocycles. The Morgan fingerprint density at radius 2 is 2.00 bits per heavy atom. The monoisotopic (exact) mass is 272 g/mol. The van der Waals surface area contributed by atoms with Crippen molar-refractivity contribution in [3.63, 3.8) is 0 Å². The minimum atomic E-state index is -0.527. The molecule has 0 unspecified atom stereocenters. The molecule has 2 aromatic carbocycles. The van der Waals surface area contributed by atoms with Gasteiger partial charge in [0.25, 0.3) is 0 Å². The third kappa shape index (κ3) is 2.11. The summed E-state index contributed by atoms with van der Waals surface area (Å²) < 4.78 is 1.81. The first kappa shape index (κ1) is 12.2. The summed E-state index contributed by atoms with van der Waals surface area (Å²) in [5.74, 6) is 0. The summed E-state index contributed by atoms with van der Waals surface area (Å²) in [6.07, 6.45) is 1.29. The summed E-state index contributed by atoms with van der Waals surface area (Å²) in [6, 6.07) is 13.5. The molecule has 0 fully saturated rings. The smallest absolute Gasteiger partial charge is 0.0839 e. The maximum atomic E-state index is 9.56.